The van der Waals surface area contributed by atoms with Gasteiger partial charge in [0.2, 0.25) is 5.28 Å². The monoisotopic (exact) mass is 317 g/mol. The summed E-state index contributed by atoms with van der Waals surface area (Å²) in [7, 11) is 1.89. The van der Waals surface area contributed by atoms with Crippen molar-refractivity contribution in [2.24, 2.45) is 0 Å². The molecule has 0 aliphatic heterocycles. The van der Waals surface area contributed by atoms with Gasteiger partial charge in [-0.2, -0.15) is 0 Å². The first-order valence-corrected chi connectivity index (χ1v) is 7.29. The Morgan fingerprint density at radius 3 is 2.38 bits per heavy atom. The Hall–Kier alpha value is -1.68. The van der Waals surface area contributed by atoms with Crippen LogP contribution in [0.1, 0.15) is 17.3 Å². The molecule has 3 aromatic rings. The minimum absolute atomic E-state index is 0.0762. The first-order valence-electron chi connectivity index (χ1n) is 6.54. The van der Waals surface area contributed by atoms with E-state index in [9.17, 15) is 0 Å². The van der Waals surface area contributed by atoms with Crippen molar-refractivity contribution in [1.82, 2.24) is 15.3 Å². The largest absolute Gasteiger partial charge is 0.308 e. The molecule has 2 aromatic carbocycles. The van der Waals surface area contributed by atoms with Gasteiger partial charge in [0, 0.05) is 10.4 Å². The van der Waals surface area contributed by atoms with Gasteiger partial charge in [-0.15, -0.1) is 0 Å². The third kappa shape index (κ3) is 2.86. The lowest BCUT2D eigenvalue weighted by atomic mass is 10.0. The molecule has 0 spiro atoms. The molecular weight excluding hydrogens is 305 g/mol. The molecule has 0 fully saturated rings. The predicted octanol–water partition coefficient (Wildman–Crippen LogP) is 4.25. The van der Waals surface area contributed by atoms with E-state index >= 15 is 0 Å². The van der Waals surface area contributed by atoms with Crippen LogP contribution in [0.3, 0.4) is 0 Å². The van der Waals surface area contributed by atoms with Crippen LogP contribution < -0.4 is 5.32 Å². The number of hydrogen-bond acceptors (Lipinski definition) is 3. The van der Waals surface area contributed by atoms with E-state index in [1.54, 1.807) is 0 Å². The van der Waals surface area contributed by atoms with E-state index in [2.05, 4.69) is 15.3 Å². The highest BCUT2D eigenvalue weighted by molar-refractivity contribution is 6.30. The maximum absolute atomic E-state index is 6.07. The quantitative estimate of drug-likeness (QED) is 0.734. The van der Waals surface area contributed by atoms with Crippen LogP contribution in [0.2, 0.25) is 10.3 Å². The Bertz CT molecular complexity index is 772. The summed E-state index contributed by atoms with van der Waals surface area (Å²) < 4.78 is 0. The second kappa shape index (κ2) is 5.98. The fourth-order valence-electron chi connectivity index (χ4n) is 2.41. The number of fused-ring (bicyclic) bond motifs is 1. The van der Waals surface area contributed by atoms with Gasteiger partial charge < -0.3 is 5.32 Å². The molecule has 0 saturated heterocycles. The van der Waals surface area contributed by atoms with Gasteiger partial charge in [-0.1, -0.05) is 41.9 Å². The van der Waals surface area contributed by atoms with E-state index in [-0.39, 0.29) is 11.3 Å². The first kappa shape index (κ1) is 14.3. The van der Waals surface area contributed by atoms with Gasteiger partial charge in [0.05, 0.1) is 17.3 Å². The van der Waals surface area contributed by atoms with Crippen molar-refractivity contribution in [2.75, 3.05) is 7.05 Å². The normalized spacial score (nSPS) is 12.5. The zero-order valence-electron chi connectivity index (χ0n) is 11.3. The fraction of sp³-hybridized carbons (Fsp3) is 0.125. The average molecular weight is 318 g/mol. The zero-order chi connectivity index (χ0) is 14.8. The molecule has 0 aliphatic carbocycles. The van der Waals surface area contributed by atoms with Crippen LogP contribution in [0.4, 0.5) is 0 Å². The van der Waals surface area contributed by atoms with Gasteiger partial charge in [-0.05, 0) is 42.4 Å². The van der Waals surface area contributed by atoms with Crippen LogP contribution in [0.15, 0.2) is 48.5 Å². The number of nitrogens with one attached hydrogen (secondary N) is 1. The van der Waals surface area contributed by atoms with Crippen LogP contribution in [0.5, 0.6) is 0 Å². The van der Waals surface area contributed by atoms with E-state index in [1.807, 2.05) is 55.6 Å². The van der Waals surface area contributed by atoms with Gasteiger partial charge >= 0.3 is 0 Å². The Morgan fingerprint density at radius 1 is 0.952 bits per heavy atom. The summed E-state index contributed by atoms with van der Waals surface area (Å²) in [6, 6.07) is 15.5. The van der Waals surface area contributed by atoms with Crippen molar-refractivity contribution >= 4 is 34.1 Å². The zero-order valence-corrected chi connectivity index (χ0v) is 12.9. The summed E-state index contributed by atoms with van der Waals surface area (Å²) in [6.07, 6.45) is 0. The second-order valence-corrected chi connectivity index (χ2v) is 5.44. The number of para-hydroxylation sites is 1. The molecule has 1 N–H and O–H groups in total. The van der Waals surface area contributed by atoms with E-state index in [0.717, 1.165) is 22.2 Å². The number of benzene rings is 2. The summed E-state index contributed by atoms with van der Waals surface area (Å²) >= 11 is 12.0. The number of aromatic nitrogens is 2. The highest BCUT2D eigenvalue weighted by atomic mass is 35.5. The molecule has 106 valence electrons. The highest BCUT2D eigenvalue weighted by Gasteiger charge is 2.18. The Kier molecular flexibility index (Phi) is 4.06. The van der Waals surface area contributed by atoms with Crippen molar-refractivity contribution in [2.45, 2.75) is 6.04 Å². The van der Waals surface area contributed by atoms with Crippen LogP contribution in [-0.4, -0.2) is 17.0 Å². The molecule has 1 aromatic heterocycles. The number of halogens is 2. The molecule has 0 bridgehead atoms. The molecule has 1 unspecified atom stereocenters. The maximum Gasteiger partial charge on any atom is 0.223 e. The van der Waals surface area contributed by atoms with Crippen molar-refractivity contribution in [1.29, 1.82) is 0 Å². The van der Waals surface area contributed by atoms with E-state index in [4.69, 9.17) is 23.2 Å². The molecule has 1 atom stereocenters. The summed E-state index contributed by atoms with van der Waals surface area (Å²) in [5, 5.41) is 5.22. The van der Waals surface area contributed by atoms with Gasteiger partial charge in [0.25, 0.3) is 0 Å². The molecule has 0 saturated carbocycles. The van der Waals surface area contributed by atoms with Gasteiger partial charge in [0.1, 0.15) is 0 Å². The maximum atomic E-state index is 6.07. The van der Waals surface area contributed by atoms with Crippen LogP contribution in [0.25, 0.3) is 10.9 Å². The molecule has 1 heterocycles. The van der Waals surface area contributed by atoms with E-state index < -0.39 is 0 Å². The van der Waals surface area contributed by atoms with Crippen molar-refractivity contribution in [3.05, 3.63) is 70.1 Å². The fourth-order valence-corrected chi connectivity index (χ4v) is 2.72. The Labute approximate surface area is 132 Å². The van der Waals surface area contributed by atoms with Crippen molar-refractivity contribution < 1.29 is 0 Å². The minimum atomic E-state index is -0.0762. The molecule has 0 amide bonds. The summed E-state index contributed by atoms with van der Waals surface area (Å²) in [4.78, 5) is 8.70. The van der Waals surface area contributed by atoms with Gasteiger partial charge in [0.15, 0.2) is 0 Å². The standard InChI is InChI=1S/C16H13Cl2N3/c1-19-14(10-6-8-11(17)9-7-10)15-12-4-2-3-5-13(12)20-16(18)21-15/h2-9,14,19H,1H3. The lowest BCUT2D eigenvalue weighted by Crippen LogP contribution is -2.19. The number of rotatable bonds is 3. The topological polar surface area (TPSA) is 37.8 Å². The SMILES string of the molecule is CNC(c1ccc(Cl)cc1)c1nc(Cl)nc2ccccc12. The highest BCUT2D eigenvalue weighted by Crippen LogP contribution is 2.28. The molecular formula is C16H13Cl2N3. The van der Waals surface area contributed by atoms with Crippen molar-refractivity contribution in [3.63, 3.8) is 0 Å². The third-order valence-corrected chi connectivity index (χ3v) is 3.79. The molecule has 0 aliphatic rings. The van der Waals surface area contributed by atoms with Crippen LogP contribution >= 0.6 is 23.2 Å². The van der Waals surface area contributed by atoms with Crippen LogP contribution in [0, 0.1) is 0 Å². The Balaban J connectivity index is 2.19. The predicted molar refractivity (Wildman–Crippen MR) is 86.9 cm³/mol. The number of nitrogens with zero attached hydrogens (tertiary/aromatic N) is 2. The number of hydrogen-bond donors (Lipinski definition) is 1. The molecule has 3 nitrogen and oxygen atoms in total. The smallest absolute Gasteiger partial charge is 0.223 e. The van der Waals surface area contributed by atoms with Crippen LogP contribution in [-0.2, 0) is 0 Å². The molecule has 3 rings (SSSR count). The van der Waals surface area contributed by atoms with Gasteiger partial charge in [-0.25, -0.2) is 9.97 Å². The van der Waals surface area contributed by atoms with Crippen molar-refractivity contribution in [3.8, 4) is 0 Å². The third-order valence-electron chi connectivity index (χ3n) is 3.37. The summed E-state index contributed by atoms with van der Waals surface area (Å²) in [6.45, 7) is 0. The van der Waals surface area contributed by atoms with Gasteiger partial charge in [-0.3, -0.25) is 0 Å². The second-order valence-electron chi connectivity index (χ2n) is 4.67. The van der Waals surface area contributed by atoms with E-state index in [0.29, 0.717) is 5.02 Å². The minimum Gasteiger partial charge on any atom is -0.308 e. The average Bonchev–Trinajstić information content (AvgIpc) is 2.49. The molecule has 0 radical (unpaired) electrons. The summed E-state index contributed by atoms with van der Waals surface area (Å²) in [5.41, 5.74) is 2.76. The first-order chi connectivity index (χ1) is 10.2. The molecule has 5 heteroatoms. The lowest BCUT2D eigenvalue weighted by Gasteiger charge is -2.18. The lowest BCUT2D eigenvalue weighted by molar-refractivity contribution is 0.675. The summed E-state index contributed by atoms with van der Waals surface area (Å²) in [5.74, 6) is 0. The molecule has 21 heavy (non-hydrogen) atoms. The van der Waals surface area contributed by atoms with E-state index in [1.165, 1.54) is 0 Å². The Morgan fingerprint density at radius 2 is 1.67 bits per heavy atom.